The van der Waals surface area contributed by atoms with Crippen molar-refractivity contribution in [2.75, 3.05) is 0 Å². The molecule has 0 bridgehead atoms. The molecule has 0 saturated carbocycles. The van der Waals surface area contributed by atoms with Crippen LogP contribution in [0.2, 0.25) is 0 Å². The van der Waals surface area contributed by atoms with Gasteiger partial charge in [-0.3, -0.25) is 14.4 Å². The van der Waals surface area contributed by atoms with E-state index in [1.807, 2.05) is 0 Å². The molecule has 3 radical (unpaired) electrons. The van der Waals surface area contributed by atoms with E-state index in [9.17, 15) is 14.4 Å². The second-order valence-electron chi connectivity index (χ2n) is 7.67. The van der Waals surface area contributed by atoms with Gasteiger partial charge in [-0.25, -0.2) is 0 Å². The number of carboxylic acids is 3. The maximum absolute atomic E-state index is 10.0. The number of hydrogen-bond acceptors (Lipinski definition) is 3. The van der Waals surface area contributed by atoms with E-state index in [-0.39, 0.29) is 17.4 Å². The van der Waals surface area contributed by atoms with Crippen molar-refractivity contribution in [2.24, 2.45) is 0 Å². The lowest BCUT2D eigenvalue weighted by molar-refractivity contribution is -0.138. The predicted molar refractivity (Wildman–Crippen MR) is 129 cm³/mol. The molecule has 0 rings (SSSR count). The zero-order valence-electron chi connectivity index (χ0n) is 20.4. The van der Waals surface area contributed by atoms with Crippen LogP contribution in [-0.2, 0) is 14.4 Å². The van der Waals surface area contributed by atoms with Gasteiger partial charge in [0.25, 0.3) is 0 Å². The first-order valence-electron chi connectivity index (χ1n) is 12.0. The quantitative estimate of drug-likeness (QED) is 0.152. The molecule has 7 heteroatoms. The largest absolute Gasteiger partial charge is 0.481 e. The average Bonchev–Trinajstić information content (AvgIpc) is 2.68. The zero-order valence-corrected chi connectivity index (χ0v) is 21.5. The Kier molecular flexibility index (Phi) is 40.4. The second kappa shape index (κ2) is 33.6. The lowest BCUT2D eigenvalue weighted by atomic mass is 10.1. The van der Waals surface area contributed by atoms with Crippen LogP contribution in [-0.4, -0.2) is 50.6 Å². The van der Waals surface area contributed by atoms with Gasteiger partial charge in [-0.05, 0) is 19.3 Å². The standard InChI is InChI=1S/3C8H16O2.Al/c3*1-2-3-4-5-6-7-8(9)10;/h3*2-7H2,1H3,(H,9,10);. The maximum Gasteiger partial charge on any atom is 0.303 e. The molecule has 0 aromatic heterocycles. The highest BCUT2D eigenvalue weighted by Gasteiger charge is 1.96. The van der Waals surface area contributed by atoms with Crippen molar-refractivity contribution < 1.29 is 29.7 Å². The molecule has 31 heavy (non-hydrogen) atoms. The second-order valence-corrected chi connectivity index (χ2v) is 7.67. The van der Waals surface area contributed by atoms with Gasteiger partial charge in [0.1, 0.15) is 0 Å². The van der Waals surface area contributed by atoms with Crippen LogP contribution in [0, 0.1) is 0 Å². The minimum absolute atomic E-state index is 0. The Balaban J connectivity index is -0.000000174. The normalized spacial score (nSPS) is 9.39. The highest BCUT2D eigenvalue weighted by Crippen LogP contribution is 2.05. The average molecular weight is 460 g/mol. The summed E-state index contributed by atoms with van der Waals surface area (Å²) in [7, 11) is 0. The summed E-state index contributed by atoms with van der Waals surface area (Å²) >= 11 is 0. The number of carboxylic acid groups (broad SMARTS) is 3. The van der Waals surface area contributed by atoms with E-state index in [1.165, 1.54) is 57.8 Å². The first kappa shape index (κ1) is 37.3. The highest BCUT2D eigenvalue weighted by atomic mass is 27.0. The van der Waals surface area contributed by atoms with Crippen LogP contribution in [0.5, 0.6) is 0 Å². The van der Waals surface area contributed by atoms with Crippen molar-refractivity contribution in [1.82, 2.24) is 0 Å². The first-order chi connectivity index (χ1) is 14.3. The van der Waals surface area contributed by atoms with Crippen molar-refractivity contribution in [3.8, 4) is 0 Å². The third kappa shape index (κ3) is 52.8. The van der Waals surface area contributed by atoms with Gasteiger partial charge in [-0.1, -0.05) is 97.8 Å². The molecule has 0 aliphatic carbocycles. The van der Waals surface area contributed by atoms with Gasteiger partial charge >= 0.3 is 17.9 Å². The van der Waals surface area contributed by atoms with Crippen molar-refractivity contribution in [3.05, 3.63) is 0 Å². The summed E-state index contributed by atoms with van der Waals surface area (Å²) < 4.78 is 0. The number of unbranched alkanes of at least 4 members (excludes halogenated alkanes) is 12. The Hall–Kier alpha value is -1.06. The van der Waals surface area contributed by atoms with E-state index in [4.69, 9.17) is 15.3 Å². The number of aliphatic carboxylic acids is 3. The van der Waals surface area contributed by atoms with Crippen molar-refractivity contribution in [1.29, 1.82) is 0 Å². The topological polar surface area (TPSA) is 112 Å². The smallest absolute Gasteiger partial charge is 0.303 e. The molecule has 0 unspecified atom stereocenters. The lowest BCUT2D eigenvalue weighted by Crippen LogP contribution is -1.93. The van der Waals surface area contributed by atoms with Crippen molar-refractivity contribution in [3.63, 3.8) is 0 Å². The summed E-state index contributed by atoms with van der Waals surface area (Å²) in [5, 5.41) is 24.8. The molecule has 0 atom stereocenters. The molecule has 0 aliphatic heterocycles. The summed E-state index contributed by atoms with van der Waals surface area (Å²) in [6.07, 6.45) is 17.7. The van der Waals surface area contributed by atoms with E-state index < -0.39 is 17.9 Å². The van der Waals surface area contributed by atoms with Crippen LogP contribution >= 0.6 is 0 Å². The van der Waals surface area contributed by atoms with Gasteiger partial charge in [0.05, 0.1) is 0 Å². The lowest BCUT2D eigenvalue weighted by Gasteiger charge is -1.95. The molecular weight excluding hydrogens is 411 g/mol. The van der Waals surface area contributed by atoms with Gasteiger partial charge in [0, 0.05) is 36.6 Å². The Bertz CT molecular complexity index is 331. The van der Waals surface area contributed by atoms with Crippen LogP contribution in [0.1, 0.15) is 136 Å². The molecule has 0 fully saturated rings. The molecule has 0 aromatic rings. The summed E-state index contributed by atoms with van der Waals surface area (Å²) in [5.74, 6) is -2.01. The van der Waals surface area contributed by atoms with Crippen LogP contribution in [0.3, 0.4) is 0 Å². The van der Waals surface area contributed by atoms with Crippen LogP contribution in [0.15, 0.2) is 0 Å². The minimum Gasteiger partial charge on any atom is -0.481 e. The molecule has 0 amide bonds. The fraction of sp³-hybridized carbons (Fsp3) is 0.875. The molecule has 0 spiro atoms. The molecule has 0 aromatic carbocycles. The Morgan fingerprint density at radius 2 is 0.613 bits per heavy atom. The molecular formula is C24H48AlO6. The zero-order chi connectivity index (χ0) is 23.5. The first-order valence-corrected chi connectivity index (χ1v) is 12.0. The van der Waals surface area contributed by atoms with E-state index in [0.29, 0.717) is 19.3 Å². The molecule has 183 valence electrons. The Morgan fingerprint density at radius 3 is 0.774 bits per heavy atom. The van der Waals surface area contributed by atoms with Gasteiger partial charge in [-0.15, -0.1) is 0 Å². The van der Waals surface area contributed by atoms with Gasteiger partial charge in [-0.2, -0.15) is 0 Å². The van der Waals surface area contributed by atoms with Crippen LogP contribution < -0.4 is 0 Å². The van der Waals surface area contributed by atoms with E-state index in [2.05, 4.69) is 20.8 Å². The van der Waals surface area contributed by atoms with E-state index >= 15 is 0 Å². The van der Waals surface area contributed by atoms with E-state index in [1.54, 1.807) is 0 Å². The summed E-state index contributed by atoms with van der Waals surface area (Å²) in [4.78, 5) is 30.1. The molecule has 0 saturated heterocycles. The third-order valence-corrected chi connectivity index (χ3v) is 4.48. The monoisotopic (exact) mass is 459 g/mol. The number of rotatable bonds is 18. The minimum atomic E-state index is -0.670. The van der Waals surface area contributed by atoms with Crippen LogP contribution in [0.25, 0.3) is 0 Å². The SMILES string of the molecule is CCCCCCCC(=O)O.CCCCCCCC(=O)O.CCCCCCCC(=O)O.[Al]. The maximum atomic E-state index is 10.0. The summed E-state index contributed by atoms with van der Waals surface area (Å²) in [6.45, 7) is 6.45. The van der Waals surface area contributed by atoms with Gasteiger partial charge < -0.3 is 15.3 Å². The van der Waals surface area contributed by atoms with Crippen molar-refractivity contribution >= 4 is 35.3 Å². The summed E-state index contributed by atoms with van der Waals surface area (Å²) in [6, 6.07) is 0. The van der Waals surface area contributed by atoms with Gasteiger partial charge in [0.2, 0.25) is 0 Å². The molecule has 0 heterocycles. The number of carbonyl (C=O) groups is 3. The Labute approximate surface area is 201 Å². The summed E-state index contributed by atoms with van der Waals surface area (Å²) in [5.41, 5.74) is 0. The molecule has 3 N–H and O–H groups in total. The van der Waals surface area contributed by atoms with E-state index in [0.717, 1.165) is 38.5 Å². The Morgan fingerprint density at radius 1 is 0.419 bits per heavy atom. The fourth-order valence-corrected chi connectivity index (χ4v) is 2.64. The third-order valence-electron chi connectivity index (χ3n) is 4.48. The van der Waals surface area contributed by atoms with Crippen molar-refractivity contribution in [2.45, 2.75) is 136 Å². The number of hydrogen-bond donors (Lipinski definition) is 3. The van der Waals surface area contributed by atoms with Gasteiger partial charge in [0.15, 0.2) is 0 Å². The predicted octanol–water partition coefficient (Wildman–Crippen LogP) is 6.91. The molecule has 0 aliphatic rings. The fourth-order valence-electron chi connectivity index (χ4n) is 2.64. The van der Waals surface area contributed by atoms with Crippen LogP contribution in [0.4, 0.5) is 0 Å². The molecule has 6 nitrogen and oxygen atoms in total. The highest BCUT2D eigenvalue weighted by molar-refractivity contribution is 5.75.